The number of ether oxygens (including phenoxy) is 6. The number of pyridine rings is 3. The summed E-state index contributed by atoms with van der Waals surface area (Å²) in [6.45, 7) is 13.9. The first kappa shape index (κ1) is 79.4. The second-order valence-corrected chi connectivity index (χ2v) is 25.5. The van der Waals surface area contributed by atoms with Crippen molar-refractivity contribution in [2.45, 2.75) is 214 Å². The van der Waals surface area contributed by atoms with E-state index in [2.05, 4.69) is 148 Å². The van der Waals surface area contributed by atoms with E-state index in [1.54, 1.807) is 12.1 Å². The predicted molar refractivity (Wildman–Crippen MR) is 374 cm³/mol. The Kier molecular flexibility index (Phi) is 32.0. The van der Waals surface area contributed by atoms with Crippen LogP contribution in [0.25, 0.3) is 90.9 Å². The smallest absolute Gasteiger partial charge is 0.303 e. The normalized spacial score (nSPS) is 16.0. The third-order valence-corrected chi connectivity index (χ3v) is 18.0. The van der Waals surface area contributed by atoms with Crippen molar-refractivity contribution in [2.24, 2.45) is 0 Å². The van der Waals surface area contributed by atoms with Gasteiger partial charge in [0.05, 0.1) is 22.8 Å². The molecular formula is C79H96I3N7O10. The fourth-order valence-electron chi connectivity index (χ4n) is 13.1. The van der Waals surface area contributed by atoms with Crippen LogP contribution in [0, 0.1) is 0 Å². The van der Waals surface area contributed by atoms with Gasteiger partial charge in [-0.3, -0.25) is 19.2 Å². The Labute approximate surface area is 634 Å². The zero-order valence-electron chi connectivity index (χ0n) is 58.3. The van der Waals surface area contributed by atoms with Gasteiger partial charge < -0.3 is 110 Å². The first-order valence-electron chi connectivity index (χ1n) is 35.0. The molecule has 3 aliphatic heterocycles. The first-order valence-corrected chi connectivity index (χ1v) is 35.0. The Morgan fingerprint density at radius 3 is 1.14 bits per heavy atom. The quantitative estimate of drug-likeness (QED) is 0.0149. The average Bonchev–Trinajstić information content (AvgIpc) is 1.74. The maximum atomic E-state index is 13.1. The molecule has 8 bridgehead atoms. The van der Waals surface area contributed by atoms with E-state index in [4.69, 9.17) is 38.4 Å². The number of carbonyl (C=O) groups is 4. The molecule has 5 atom stereocenters. The highest BCUT2D eigenvalue weighted by atomic mass is 127. The van der Waals surface area contributed by atoms with E-state index in [0.29, 0.717) is 28.0 Å². The van der Waals surface area contributed by atoms with Gasteiger partial charge in [-0.05, 0) is 90.6 Å². The summed E-state index contributed by atoms with van der Waals surface area (Å²) in [7, 11) is 0. The number of hydrogen-bond acceptors (Lipinski definition) is 12. The molecule has 10 rings (SSSR count). The van der Waals surface area contributed by atoms with Gasteiger partial charge in [-0.2, -0.15) is 0 Å². The van der Waals surface area contributed by atoms with E-state index in [1.165, 1.54) is 124 Å². The number of halogens is 3. The number of para-hydroxylation sites is 1. The third kappa shape index (κ3) is 21.6. The van der Waals surface area contributed by atoms with Gasteiger partial charge in [0.15, 0.2) is 49.4 Å². The molecule has 1 saturated heterocycles. The van der Waals surface area contributed by atoms with Crippen LogP contribution >= 0.6 is 0 Å². The van der Waals surface area contributed by atoms with Gasteiger partial charge in [0.1, 0.15) is 38.1 Å². The number of unbranched alkanes of at least 4 members (excludes halogenated alkanes) is 15. The molecule has 0 amide bonds. The Morgan fingerprint density at radius 1 is 0.414 bits per heavy atom. The summed E-state index contributed by atoms with van der Waals surface area (Å²) in [6, 6.07) is 28.9. The highest BCUT2D eigenvalue weighted by Crippen LogP contribution is 2.42. The van der Waals surface area contributed by atoms with Crippen molar-refractivity contribution in [3.8, 4) is 50.3 Å². The summed E-state index contributed by atoms with van der Waals surface area (Å²) < 4.78 is 43.2. The molecule has 0 unspecified atom stereocenters. The van der Waals surface area contributed by atoms with E-state index in [9.17, 15) is 19.2 Å². The lowest BCUT2D eigenvalue weighted by Crippen LogP contribution is -3.00. The van der Waals surface area contributed by atoms with E-state index >= 15 is 0 Å². The van der Waals surface area contributed by atoms with Gasteiger partial charge in [0, 0.05) is 133 Å². The summed E-state index contributed by atoms with van der Waals surface area (Å²) in [6.07, 6.45) is 36.1. The Morgan fingerprint density at radius 2 is 0.758 bits per heavy atom. The Bertz CT molecular complexity index is 3980. The fourth-order valence-corrected chi connectivity index (χ4v) is 13.1. The van der Waals surface area contributed by atoms with Gasteiger partial charge in [-0.15, -0.1) is 0 Å². The molecular weight excluding hydrogens is 1590 g/mol. The Hall–Kier alpha value is -6.90. The lowest BCUT2D eigenvalue weighted by molar-refractivity contribution is -0.697. The first-order chi connectivity index (χ1) is 46.8. The van der Waals surface area contributed by atoms with Gasteiger partial charge in [-0.25, -0.2) is 23.7 Å². The van der Waals surface area contributed by atoms with Crippen molar-refractivity contribution in [1.82, 2.24) is 19.9 Å². The van der Waals surface area contributed by atoms with Crippen molar-refractivity contribution < 1.29 is 133 Å². The van der Waals surface area contributed by atoms with Crippen LogP contribution in [0.2, 0.25) is 0 Å². The number of esters is 4. The lowest BCUT2D eigenvalue weighted by atomic mass is 9.97. The molecule has 0 aliphatic carbocycles. The minimum Gasteiger partial charge on any atom is -1.00 e. The molecule has 1 fully saturated rings. The number of benzene rings is 1. The van der Waals surface area contributed by atoms with Crippen LogP contribution in [-0.4, -0.2) is 81.1 Å². The molecule has 0 saturated carbocycles. The molecule has 20 heteroatoms. The number of aromatic amines is 2. The van der Waals surface area contributed by atoms with E-state index in [1.807, 2.05) is 30.4 Å². The van der Waals surface area contributed by atoms with Crippen molar-refractivity contribution in [1.29, 1.82) is 0 Å². The molecule has 0 radical (unpaired) electrons. The van der Waals surface area contributed by atoms with Crippen molar-refractivity contribution >= 4 is 70.2 Å². The van der Waals surface area contributed by atoms with Gasteiger partial charge in [0.2, 0.25) is 12.4 Å². The van der Waals surface area contributed by atoms with Crippen LogP contribution in [0.4, 0.5) is 0 Å². The van der Waals surface area contributed by atoms with Crippen LogP contribution in [0.5, 0.6) is 5.75 Å². The van der Waals surface area contributed by atoms with Crippen LogP contribution < -0.4 is 90.4 Å². The number of aryl methyl sites for hydroxylation is 3. The second kappa shape index (κ2) is 39.9. The zero-order valence-corrected chi connectivity index (χ0v) is 64.7. The molecule has 2 N–H and O–H groups in total. The molecule has 528 valence electrons. The molecule has 6 aromatic heterocycles. The summed E-state index contributed by atoms with van der Waals surface area (Å²) >= 11 is 0. The Balaban J connectivity index is 0.00000459. The van der Waals surface area contributed by atoms with Gasteiger partial charge >= 0.3 is 23.9 Å². The van der Waals surface area contributed by atoms with E-state index < -0.39 is 61.2 Å². The van der Waals surface area contributed by atoms with Gasteiger partial charge in [-0.1, -0.05) is 116 Å². The SMILES string of the molecule is CCCCCCCC[n+]1ccc(-c2c3nc(c(-c4cc[n+](CCCCCCCC)cc4)c4ccc([nH]4)c(-c4ccccc4O[C@@H]4O[C@H](COC(C)=O)[C@@H](OC(C)=O)[C@H](OC(C)=O)[C@H]4OC(C)=O)c4nc(c(-c5cc[n+](CCCCCCCC)cc5)c5ccc2[nH]5)C=C4)C=C3)cc1.[I-].[I-].[I-]. The number of rotatable bonds is 32. The predicted octanol–water partition coefficient (Wildman–Crippen LogP) is 6.74. The summed E-state index contributed by atoms with van der Waals surface area (Å²) in [4.78, 5) is 70.2. The summed E-state index contributed by atoms with van der Waals surface area (Å²) in [5.74, 6) is -2.62. The standard InChI is InChI=1S/C79H95N7O10.3HI/c1-8-11-14-17-20-25-44-84-47-38-58(39-48-84)72-62-30-32-64(80-62)73(59-40-49-85(50-41-59)45-26-21-18-15-12-9-2)66-34-36-68(82-66)75(69-37-35-67(83-69)74(65-33-31-63(72)81-65)60-42-51-86(52-43-60)46-27-22-19-16-13-10-3)61-28-23-24-29-70(61)95-79-78(94-57(7)90)77(93-56(6)89)76(92-55(5)88)71(96-79)53-91-54(4)87;;;/h23-24,28-43,47-52,71,76-79H,8-22,25-27,44-46,53H2,1-7H3,(H,80,81,82,83);3*1H/q+2;;;/p-2/t71-,76-,77+,78-,79-;;;/m1.../s1. The van der Waals surface area contributed by atoms with Crippen LogP contribution in [-0.2, 0) is 62.5 Å². The number of fused-ring (bicyclic) bond motifs is 8. The van der Waals surface area contributed by atoms with Crippen LogP contribution in [0.15, 0.2) is 122 Å². The number of aromatic nitrogens is 7. The highest BCUT2D eigenvalue weighted by Gasteiger charge is 2.53. The minimum absolute atomic E-state index is 0. The number of carbonyl (C=O) groups excluding carboxylic acids is 4. The van der Waals surface area contributed by atoms with Crippen molar-refractivity contribution in [3.63, 3.8) is 0 Å². The third-order valence-electron chi connectivity index (χ3n) is 18.0. The molecule has 9 heterocycles. The fraction of sp³-hybridized carbons (Fsp3) is 0.430. The largest absolute Gasteiger partial charge is 1.00 e. The lowest BCUT2D eigenvalue weighted by Gasteiger charge is -2.44. The molecule has 99 heavy (non-hydrogen) atoms. The average molecular weight is 1680 g/mol. The molecule has 17 nitrogen and oxygen atoms in total. The molecule has 3 aliphatic rings. The second-order valence-electron chi connectivity index (χ2n) is 25.5. The van der Waals surface area contributed by atoms with Crippen LogP contribution in [0.3, 0.4) is 0 Å². The van der Waals surface area contributed by atoms with E-state index in [-0.39, 0.29) is 77.7 Å². The summed E-state index contributed by atoms with van der Waals surface area (Å²) in [5, 5.41) is 0. The maximum absolute atomic E-state index is 13.1. The topological polar surface area (TPSA) is 193 Å². The summed E-state index contributed by atoms with van der Waals surface area (Å²) in [5.41, 5.74) is 13.0. The number of H-pyrrole nitrogens is 2. The molecule has 7 aromatic rings. The minimum atomic E-state index is -1.52. The van der Waals surface area contributed by atoms with E-state index in [0.717, 1.165) is 100 Å². The van der Waals surface area contributed by atoms with Crippen molar-refractivity contribution in [3.05, 3.63) is 145 Å². The zero-order chi connectivity index (χ0) is 67.3. The number of nitrogens with zero attached hydrogens (tertiary/aromatic N) is 5. The highest BCUT2D eigenvalue weighted by molar-refractivity contribution is 6.00. The van der Waals surface area contributed by atoms with Crippen molar-refractivity contribution in [2.75, 3.05) is 6.61 Å². The molecule has 0 spiro atoms. The number of nitrogens with one attached hydrogen (secondary N) is 2. The molecule has 1 aromatic carbocycles. The maximum Gasteiger partial charge on any atom is 0.303 e. The monoisotopic (exact) mass is 1680 g/mol. The number of hydrogen-bond donors (Lipinski definition) is 2. The van der Waals surface area contributed by atoms with Gasteiger partial charge in [0.25, 0.3) is 0 Å². The van der Waals surface area contributed by atoms with Crippen LogP contribution in [0.1, 0.15) is 187 Å².